The van der Waals surface area contributed by atoms with Crippen molar-refractivity contribution >= 4 is 24.9 Å². The maximum Gasteiger partial charge on any atom is 0.305 e. The Kier molecular flexibility index (Phi) is 7.63. The van der Waals surface area contributed by atoms with E-state index < -0.39 is 26.5 Å². The molecule has 8 heteroatoms. The van der Waals surface area contributed by atoms with Gasteiger partial charge in [-0.3, -0.25) is 14.3 Å². The van der Waals surface area contributed by atoms with Gasteiger partial charge in [-0.1, -0.05) is 44.2 Å². The number of halogens is 1. The van der Waals surface area contributed by atoms with E-state index in [9.17, 15) is 18.9 Å². The molecule has 0 aliphatic carbocycles. The van der Waals surface area contributed by atoms with E-state index in [0.29, 0.717) is 11.3 Å². The van der Waals surface area contributed by atoms with Crippen LogP contribution in [0, 0.1) is 17.8 Å². The van der Waals surface area contributed by atoms with E-state index in [4.69, 9.17) is 14.6 Å². The standard InChI is InChI=1S/C24H23FNO5P/c1-15(2)24-20(11-12-31-32(30)14-18(27)13-22(28)29)23(16-7-9-17(25)10-8-16)19-5-3-4-6-21(19)26-24/h3-10,15,18,27,32H,13-14H2,1-2H3,(H,28,29)/t18-/m0/s1. The highest BCUT2D eigenvalue weighted by Crippen LogP contribution is 2.35. The van der Waals surface area contributed by atoms with Gasteiger partial charge in [0.1, 0.15) is 11.9 Å². The number of hydrogen-bond donors (Lipinski definition) is 2. The molecule has 32 heavy (non-hydrogen) atoms. The number of aliphatic carboxylic acids is 1. The molecule has 0 bridgehead atoms. The van der Waals surface area contributed by atoms with Gasteiger partial charge < -0.3 is 14.7 Å². The molecule has 2 N–H and O–H groups in total. The number of aromatic nitrogens is 1. The lowest BCUT2D eigenvalue weighted by Crippen LogP contribution is -2.15. The molecular formula is C24H23FNO5P. The molecule has 0 saturated carbocycles. The Labute approximate surface area is 185 Å². The number of para-hydroxylation sites is 1. The predicted octanol–water partition coefficient (Wildman–Crippen LogP) is 4.80. The average molecular weight is 455 g/mol. The lowest BCUT2D eigenvalue weighted by atomic mass is 9.91. The monoisotopic (exact) mass is 455 g/mol. The van der Waals surface area contributed by atoms with Crippen molar-refractivity contribution in [1.29, 1.82) is 0 Å². The van der Waals surface area contributed by atoms with Crippen LogP contribution in [0.2, 0.25) is 0 Å². The Balaban J connectivity index is 2.06. The van der Waals surface area contributed by atoms with Gasteiger partial charge in [0.2, 0.25) is 8.03 Å². The van der Waals surface area contributed by atoms with Gasteiger partial charge in [-0.25, -0.2) is 4.39 Å². The Hall–Kier alpha value is -3.20. The van der Waals surface area contributed by atoms with Crippen LogP contribution < -0.4 is 0 Å². The van der Waals surface area contributed by atoms with Crippen molar-refractivity contribution in [3.63, 3.8) is 0 Å². The van der Waals surface area contributed by atoms with Crippen LogP contribution in [-0.4, -0.2) is 33.4 Å². The van der Waals surface area contributed by atoms with E-state index in [1.165, 1.54) is 12.1 Å². The van der Waals surface area contributed by atoms with Crippen LogP contribution in [0.3, 0.4) is 0 Å². The first-order chi connectivity index (χ1) is 15.3. The van der Waals surface area contributed by atoms with E-state index in [1.54, 1.807) is 12.1 Å². The normalized spacial score (nSPS) is 12.8. The van der Waals surface area contributed by atoms with Gasteiger partial charge >= 0.3 is 5.97 Å². The van der Waals surface area contributed by atoms with Crippen LogP contribution in [0.4, 0.5) is 4.39 Å². The molecule has 0 spiro atoms. The maximum absolute atomic E-state index is 13.6. The topological polar surface area (TPSA) is 96.7 Å². The molecule has 6 nitrogen and oxygen atoms in total. The van der Waals surface area contributed by atoms with Gasteiger partial charge in [-0.2, -0.15) is 0 Å². The van der Waals surface area contributed by atoms with Crippen molar-refractivity contribution in [3.05, 3.63) is 65.6 Å². The summed E-state index contributed by atoms with van der Waals surface area (Å²) in [7, 11) is -2.77. The maximum atomic E-state index is 13.6. The third-order valence-corrected chi connectivity index (χ3v) is 5.89. The lowest BCUT2D eigenvalue weighted by Gasteiger charge is -2.16. The first-order valence-electron chi connectivity index (χ1n) is 10.1. The molecule has 2 aromatic carbocycles. The average Bonchev–Trinajstić information content (AvgIpc) is 2.73. The Morgan fingerprint density at radius 2 is 1.88 bits per heavy atom. The zero-order valence-electron chi connectivity index (χ0n) is 17.6. The Morgan fingerprint density at radius 3 is 2.53 bits per heavy atom. The molecule has 0 amide bonds. The number of fused-ring (bicyclic) bond motifs is 1. The van der Waals surface area contributed by atoms with E-state index in [2.05, 4.69) is 12.0 Å². The largest absolute Gasteiger partial charge is 0.481 e. The Bertz CT molecular complexity index is 1210. The summed E-state index contributed by atoms with van der Waals surface area (Å²) in [5, 5.41) is 19.2. The second kappa shape index (κ2) is 10.4. The minimum atomic E-state index is -2.77. The minimum Gasteiger partial charge on any atom is -0.481 e. The summed E-state index contributed by atoms with van der Waals surface area (Å²) in [5.41, 5.74) is 3.57. The molecule has 3 rings (SSSR count). The molecule has 1 unspecified atom stereocenters. The number of aliphatic hydroxyl groups is 1. The van der Waals surface area contributed by atoms with Gasteiger partial charge in [0.05, 0.1) is 35.5 Å². The predicted molar refractivity (Wildman–Crippen MR) is 121 cm³/mol. The van der Waals surface area contributed by atoms with E-state index in [1.807, 2.05) is 38.1 Å². The molecule has 0 radical (unpaired) electrons. The quantitative estimate of drug-likeness (QED) is 0.392. The van der Waals surface area contributed by atoms with Crippen LogP contribution in [0.15, 0.2) is 48.5 Å². The summed E-state index contributed by atoms with van der Waals surface area (Å²) in [5.74, 6) is 1.38. The summed E-state index contributed by atoms with van der Waals surface area (Å²) < 4.78 is 30.7. The van der Waals surface area contributed by atoms with Gasteiger partial charge in [0, 0.05) is 10.9 Å². The second-order valence-corrected chi connectivity index (χ2v) is 8.94. The van der Waals surface area contributed by atoms with Crippen molar-refractivity contribution in [2.45, 2.75) is 32.3 Å². The Morgan fingerprint density at radius 1 is 1.19 bits per heavy atom. The number of aliphatic hydroxyl groups excluding tert-OH is 1. The van der Waals surface area contributed by atoms with Crippen LogP contribution in [-0.2, 0) is 13.9 Å². The highest BCUT2D eigenvalue weighted by atomic mass is 31.1. The van der Waals surface area contributed by atoms with Crippen LogP contribution in [0.5, 0.6) is 0 Å². The van der Waals surface area contributed by atoms with Gasteiger partial charge in [0.25, 0.3) is 0 Å². The van der Waals surface area contributed by atoms with E-state index in [0.717, 1.165) is 22.0 Å². The summed E-state index contributed by atoms with van der Waals surface area (Å²) >= 11 is 0. The van der Waals surface area contributed by atoms with Gasteiger partial charge in [-0.15, -0.1) is 0 Å². The number of rotatable bonds is 7. The van der Waals surface area contributed by atoms with Crippen molar-refractivity contribution in [2.75, 3.05) is 6.16 Å². The number of hydrogen-bond acceptors (Lipinski definition) is 5. The van der Waals surface area contributed by atoms with Gasteiger partial charge in [-0.05, 0) is 35.6 Å². The number of carboxylic acid groups (broad SMARTS) is 1. The first-order valence-corrected chi connectivity index (χ1v) is 11.6. The molecule has 0 aliphatic rings. The summed E-state index contributed by atoms with van der Waals surface area (Å²) in [6.45, 7) is 3.95. The molecule has 0 fully saturated rings. The fourth-order valence-corrected chi connectivity index (χ4v) is 4.11. The highest BCUT2D eigenvalue weighted by Gasteiger charge is 2.18. The van der Waals surface area contributed by atoms with E-state index >= 15 is 0 Å². The third kappa shape index (κ3) is 5.73. The number of pyridine rings is 1. The number of benzene rings is 2. The second-order valence-electron chi connectivity index (χ2n) is 7.58. The molecule has 1 aromatic heterocycles. The smallest absolute Gasteiger partial charge is 0.305 e. The molecule has 3 aromatic rings. The fourth-order valence-electron chi connectivity index (χ4n) is 3.33. The molecule has 0 aliphatic heterocycles. The summed E-state index contributed by atoms with van der Waals surface area (Å²) in [6, 6.07) is 13.6. The SMILES string of the molecule is CC(C)c1nc2ccccc2c(-c2ccc(F)cc2)c1C#CO[PH](=O)C[C@@H](O)CC(=O)O. The highest BCUT2D eigenvalue weighted by molar-refractivity contribution is 7.39. The summed E-state index contributed by atoms with van der Waals surface area (Å²) in [6.07, 6.45) is 0.356. The molecular weight excluding hydrogens is 432 g/mol. The van der Waals surface area contributed by atoms with Crippen molar-refractivity contribution < 1.29 is 28.5 Å². The minimum absolute atomic E-state index is 0.0116. The molecule has 1 heterocycles. The number of nitrogens with zero attached hydrogens (tertiary/aromatic N) is 1. The van der Waals surface area contributed by atoms with E-state index in [-0.39, 0.29) is 17.9 Å². The van der Waals surface area contributed by atoms with Crippen LogP contribution in [0.1, 0.15) is 37.4 Å². The van der Waals surface area contributed by atoms with Crippen molar-refractivity contribution in [1.82, 2.24) is 4.98 Å². The number of carboxylic acids is 1. The molecule has 166 valence electrons. The summed E-state index contributed by atoms with van der Waals surface area (Å²) in [4.78, 5) is 15.4. The van der Waals surface area contributed by atoms with Gasteiger partial charge in [0.15, 0.2) is 0 Å². The lowest BCUT2D eigenvalue weighted by molar-refractivity contribution is -0.138. The van der Waals surface area contributed by atoms with Crippen molar-refractivity contribution in [2.24, 2.45) is 0 Å². The first kappa shape index (κ1) is 23.5. The van der Waals surface area contributed by atoms with Crippen LogP contribution >= 0.6 is 8.03 Å². The molecule has 0 saturated heterocycles. The van der Waals surface area contributed by atoms with Crippen LogP contribution in [0.25, 0.3) is 22.0 Å². The zero-order chi connectivity index (χ0) is 23.3. The number of carbonyl (C=O) groups is 1. The third-order valence-electron chi connectivity index (χ3n) is 4.75. The fraction of sp³-hybridized carbons (Fsp3) is 0.250. The molecule has 2 atom stereocenters. The van der Waals surface area contributed by atoms with Crippen molar-refractivity contribution in [3.8, 4) is 23.2 Å². The zero-order valence-corrected chi connectivity index (χ0v) is 18.6.